The number of benzene rings is 1. The summed E-state index contributed by atoms with van der Waals surface area (Å²) in [6, 6.07) is 8.08. The van der Waals surface area contributed by atoms with Crippen molar-refractivity contribution >= 4 is 0 Å². The highest BCUT2D eigenvalue weighted by Gasteiger charge is 2.37. The summed E-state index contributed by atoms with van der Waals surface area (Å²) in [6.45, 7) is 2.80. The maximum atomic E-state index is 5.97. The molecule has 76 valence electrons. The molecule has 1 aromatic rings. The Bertz CT molecular complexity index is 318. The largest absolute Gasteiger partial charge is 0.493 e. The summed E-state index contributed by atoms with van der Waals surface area (Å²) in [5.41, 5.74) is 7.26. The quantitative estimate of drug-likeness (QED) is 0.792. The Morgan fingerprint density at radius 2 is 2.07 bits per heavy atom. The van der Waals surface area contributed by atoms with E-state index >= 15 is 0 Å². The fraction of sp³-hybridized carbons (Fsp3) is 0.500. The van der Waals surface area contributed by atoms with Crippen LogP contribution in [0.5, 0.6) is 5.75 Å². The van der Waals surface area contributed by atoms with Gasteiger partial charge in [0.25, 0.3) is 0 Å². The topological polar surface area (TPSA) is 35.2 Å². The van der Waals surface area contributed by atoms with Crippen molar-refractivity contribution in [3.05, 3.63) is 29.8 Å². The van der Waals surface area contributed by atoms with E-state index in [4.69, 9.17) is 10.5 Å². The first kappa shape index (κ1) is 9.53. The fourth-order valence-electron chi connectivity index (χ4n) is 1.49. The van der Waals surface area contributed by atoms with Crippen molar-refractivity contribution in [2.75, 3.05) is 6.61 Å². The zero-order valence-electron chi connectivity index (χ0n) is 8.62. The molecule has 1 aliphatic carbocycles. The zero-order valence-corrected chi connectivity index (χ0v) is 8.62. The molecule has 2 nitrogen and oxygen atoms in total. The first-order valence-electron chi connectivity index (χ1n) is 5.17. The molecule has 0 amide bonds. The standard InChI is InChI=1S/C12H17NO/c1-10-4-2-3-5-11(10)14-9-8-12(13)6-7-12/h2-5H,6-9,13H2,1H3. The maximum absolute atomic E-state index is 5.97. The minimum absolute atomic E-state index is 0.0999. The Balaban J connectivity index is 1.83. The molecule has 1 aromatic carbocycles. The molecule has 0 atom stereocenters. The second kappa shape index (κ2) is 3.62. The van der Waals surface area contributed by atoms with Crippen molar-refractivity contribution in [2.45, 2.75) is 31.7 Å². The highest BCUT2D eigenvalue weighted by Crippen LogP contribution is 2.35. The van der Waals surface area contributed by atoms with Crippen LogP contribution in [0, 0.1) is 6.92 Å². The average Bonchev–Trinajstić information content (AvgIpc) is 2.88. The summed E-state index contributed by atoms with van der Waals surface area (Å²) < 4.78 is 5.67. The predicted molar refractivity (Wildman–Crippen MR) is 57.4 cm³/mol. The third-order valence-corrected chi connectivity index (χ3v) is 2.84. The van der Waals surface area contributed by atoms with Crippen LogP contribution in [0.3, 0.4) is 0 Å². The van der Waals surface area contributed by atoms with E-state index < -0.39 is 0 Å². The molecule has 0 saturated heterocycles. The second-order valence-corrected chi connectivity index (χ2v) is 4.23. The van der Waals surface area contributed by atoms with Crippen LogP contribution in [-0.4, -0.2) is 12.1 Å². The van der Waals surface area contributed by atoms with Gasteiger partial charge in [-0.3, -0.25) is 0 Å². The molecular weight excluding hydrogens is 174 g/mol. The third kappa shape index (κ3) is 2.26. The monoisotopic (exact) mass is 191 g/mol. The Kier molecular flexibility index (Phi) is 2.46. The molecule has 0 aromatic heterocycles. The maximum Gasteiger partial charge on any atom is 0.122 e. The number of hydrogen-bond donors (Lipinski definition) is 1. The van der Waals surface area contributed by atoms with Crippen LogP contribution in [0.2, 0.25) is 0 Å². The number of para-hydroxylation sites is 1. The lowest BCUT2D eigenvalue weighted by Gasteiger charge is -2.11. The van der Waals surface area contributed by atoms with Crippen molar-refractivity contribution < 1.29 is 4.74 Å². The van der Waals surface area contributed by atoms with Crippen molar-refractivity contribution in [3.63, 3.8) is 0 Å². The fourth-order valence-corrected chi connectivity index (χ4v) is 1.49. The molecule has 1 fully saturated rings. The van der Waals surface area contributed by atoms with Gasteiger partial charge in [0.05, 0.1) is 6.61 Å². The molecule has 2 rings (SSSR count). The molecule has 1 aliphatic rings. The van der Waals surface area contributed by atoms with Gasteiger partial charge in [-0.1, -0.05) is 18.2 Å². The first-order chi connectivity index (χ1) is 6.70. The van der Waals surface area contributed by atoms with Crippen LogP contribution < -0.4 is 10.5 Å². The van der Waals surface area contributed by atoms with E-state index in [1.165, 1.54) is 5.56 Å². The van der Waals surface area contributed by atoms with E-state index in [0.29, 0.717) is 0 Å². The first-order valence-corrected chi connectivity index (χ1v) is 5.17. The lowest BCUT2D eigenvalue weighted by Crippen LogP contribution is -2.24. The van der Waals surface area contributed by atoms with Gasteiger partial charge in [0, 0.05) is 5.54 Å². The lowest BCUT2D eigenvalue weighted by atomic mass is 10.2. The smallest absolute Gasteiger partial charge is 0.122 e. The Hall–Kier alpha value is -1.02. The van der Waals surface area contributed by atoms with Gasteiger partial charge in [0.2, 0.25) is 0 Å². The van der Waals surface area contributed by atoms with Crippen LogP contribution in [0.1, 0.15) is 24.8 Å². The Morgan fingerprint density at radius 1 is 1.36 bits per heavy atom. The van der Waals surface area contributed by atoms with Gasteiger partial charge in [-0.05, 0) is 37.8 Å². The van der Waals surface area contributed by atoms with E-state index in [1.54, 1.807) is 0 Å². The van der Waals surface area contributed by atoms with Gasteiger partial charge < -0.3 is 10.5 Å². The Labute approximate surface area is 85.1 Å². The molecule has 0 spiro atoms. The number of nitrogens with two attached hydrogens (primary N) is 1. The highest BCUT2D eigenvalue weighted by atomic mass is 16.5. The SMILES string of the molecule is Cc1ccccc1OCCC1(N)CC1. The highest BCUT2D eigenvalue weighted by molar-refractivity contribution is 5.31. The minimum Gasteiger partial charge on any atom is -0.493 e. The van der Waals surface area contributed by atoms with Gasteiger partial charge >= 0.3 is 0 Å². The lowest BCUT2D eigenvalue weighted by molar-refractivity contribution is 0.292. The van der Waals surface area contributed by atoms with Crippen LogP contribution >= 0.6 is 0 Å². The molecule has 0 unspecified atom stereocenters. The normalized spacial score (nSPS) is 17.9. The van der Waals surface area contributed by atoms with E-state index in [0.717, 1.165) is 31.6 Å². The molecule has 0 heterocycles. The molecule has 2 N–H and O–H groups in total. The zero-order chi connectivity index (χ0) is 10.0. The van der Waals surface area contributed by atoms with E-state index in [1.807, 2.05) is 18.2 Å². The van der Waals surface area contributed by atoms with Gasteiger partial charge in [-0.25, -0.2) is 0 Å². The van der Waals surface area contributed by atoms with Gasteiger partial charge in [0.1, 0.15) is 5.75 Å². The molecule has 0 radical (unpaired) electrons. The van der Waals surface area contributed by atoms with Crippen molar-refractivity contribution in [2.24, 2.45) is 5.73 Å². The molecular formula is C12H17NO. The summed E-state index contributed by atoms with van der Waals surface area (Å²) >= 11 is 0. The molecule has 14 heavy (non-hydrogen) atoms. The average molecular weight is 191 g/mol. The molecule has 0 bridgehead atoms. The number of ether oxygens (including phenoxy) is 1. The molecule has 0 aliphatic heterocycles. The van der Waals surface area contributed by atoms with Gasteiger partial charge in [-0.2, -0.15) is 0 Å². The summed E-state index contributed by atoms with van der Waals surface area (Å²) in [5.74, 6) is 0.983. The van der Waals surface area contributed by atoms with Crippen molar-refractivity contribution in [1.82, 2.24) is 0 Å². The number of rotatable bonds is 4. The number of aryl methyl sites for hydroxylation is 1. The second-order valence-electron chi connectivity index (χ2n) is 4.23. The van der Waals surface area contributed by atoms with Crippen LogP contribution in [0.25, 0.3) is 0 Å². The summed E-state index contributed by atoms with van der Waals surface area (Å²) in [4.78, 5) is 0. The third-order valence-electron chi connectivity index (χ3n) is 2.84. The summed E-state index contributed by atoms with van der Waals surface area (Å²) in [5, 5.41) is 0. The van der Waals surface area contributed by atoms with Crippen LogP contribution in [0.4, 0.5) is 0 Å². The predicted octanol–water partition coefficient (Wildman–Crippen LogP) is 2.26. The van der Waals surface area contributed by atoms with E-state index in [2.05, 4.69) is 13.0 Å². The number of hydrogen-bond acceptors (Lipinski definition) is 2. The summed E-state index contributed by atoms with van der Waals surface area (Å²) in [7, 11) is 0. The summed E-state index contributed by atoms with van der Waals surface area (Å²) in [6.07, 6.45) is 3.29. The van der Waals surface area contributed by atoms with Crippen LogP contribution in [0.15, 0.2) is 24.3 Å². The Morgan fingerprint density at radius 3 is 2.71 bits per heavy atom. The van der Waals surface area contributed by atoms with Crippen molar-refractivity contribution in [3.8, 4) is 5.75 Å². The molecule has 1 saturated carbocycles. The van der Waals surface area contributed by atoms with Gasteiger partial charge in [0.15, 0.2) is 0 Å². The van der Waals surface area contributed by atoms with Crippen molar-refractivity contribution in [1.29, 1.82) is 0 Å². The van der Waals surface area contributed by atoms with Gasteiger partial charge in [-0.15, -0.1) is 0 Å². The minimum atomic E-state index is 0.0999. The molecule has 2 heteroatoms. The van der Waals surface area contributed by atoms with Crippen LogP contribution in [-0.2, 0) is 0 Å². The van der Waals surface area contributed by atoms with E-state index in [-0.39, 0.29) is 5.54 Å². The van der Waals surface area contributed by atoms with E-state index in [9.17, 15) is 0 Å².